The fourth-order valence-corrected chi connectivity index (χ4v) is 3.21. The number of nitrogens with zero attached hydrogens (tertiary/aromatic N) is 3. The molecule has 7 nitrogen and oxygen atoms in total. The number of hydrogen-bond acceptors (Lipinski definition) is 4. The molecule has 1 atom stereocenters. The highest BCUT2D eigenvalue weighted by Crippen LogP contribution is 2.26. The van der Waals surface area contributed by atoms with Crippen molar-refractivity contribution in [2.75, 3.05) is 18.4 Å². The number of carbonyl (C=O) groups excluding carboxylic acids is 1. The second-order valence-corrected chi connectivity index (χ2v) is 6.28. The molecule has 24 heavy (non-hydrogen) atoms. The fraction of sp³-hybridized carbons (Fsp3) is 0.312. The molecule has 2 aromatic heterocycles. The molecular formula is C16H17ClN6O. The van der Waals surface area contributed by atoms with Gasteiger partial charge in [0.15, 0.2) is 11.5 Å². The molecule has 1 aliphatic heterocycles. The van der Waals surface area contributed by atoms with Gasteiger partial charge in [-0.2, -0.15) is 10.2 Å². The zero-order chi connectivity index (χ0) is 16.5. The van der Waals surface area contributed by atoms with Crippen LogP contribution in [0.15, 0.2) is 30.5 Å². The Hall–Kier alpha value is -2.38. The molecule has 0 bridgehead atoms. The Bertz CT molecular complexity index is 880. The van der Waals surface area contributed by atoms with Gasteiger partial charge in [-0.25, -0.2) is 0 Å². The van der Waals surface area contributed by atoms with Crippen LogP contribution in [0.25, 0.3) is 10.9 Å². The number of aromatic amines is 1. The van der Waals surface area contributed by atoms with Gasteiger partial charge >= 0.3 is 0 Å². The number of nitrogens with one attached hydrogen (secondary N) is 3. The molecule has 1 amide bonds. The molecule has 1 aromatic carbocycles. The average Bonchev–Trinajstić information content (AvgIpc) is 3.24. The molecule has 1 saturated heterocycles. The van der Waals surface area contributed by atoms with Crippen LogP contribution in [0.1, 0.15) is 29.4 Å². The third-order valence-electron chi connectivity index (χ3n) is 4.27. The van der Waals surface area contributed by atoms with Crippen LogP contribution < -0.4 is 10.6 Å². The molecule has 8 heteroatoms. The first-order chi connectivity index (χ1) is 11.7. The normalized spacial score (nSPS) is 18.0. The summed E-state index contributed by atoms with van der Waals surface area (Å²) in [4.78, 5) is 12.4. The number of para-hydroxylation sites is 1. The first-order valence-electron chi connectivity index (χ1n) is 7.92. The first kappa shape index (κ1) is 15.2. The average molecular weight is 345 g/mol. The number of H-pyrrole nitrogens is 1. The topological polar surface area (TPSA) is 87.6 Å². The minimum absolute atomic E-state index is 0.286. The molecule has 124 valence electrons. The van der Waals surface area contributed by atoms with Crippen molar-refractivity contribution in [3.8, 4) is 0 Å². The summed E-state index contributed by atoms with van der Waals surface area (Å²) in [5.41, 5.74) is 1.08. The van der Waals surface area contributed by atoms with E-state index in [-0.39, 0.29) is 5.91 Å². The molecule has 1 unspecified atom stereocenters. The van der Waals surface area contributed by atoms with Gasteiger partial charge in [0.25, 0.3) is 5.91 Å². The lowest BCUT2D eigenvalue weighted by atomic mass is 10.1. The molecule has 3 heterocycles. The molecule has 1 fully saturated rings. The van der Waals surface area contributed by atoms with E-state index >= 15 is 0 Å². The number of aromatic nitrogens is 4. The molecule has 0 saturated carbocycles. The van der Waals surface area contributed by atoms with Gasteiger partial charge in [-0.3, -0.25) is 14.6 Å². The Labute approximate surface area is 143 Å². The zero-order valence-electron chi connectivity index (χ0n) is 12.9. The van der Waals surface area contributed by atoms with Crippen molar-refractivity contribution in [1.82, 2.24) is 25.3 Å². The summed E-state index contributed by atoms with van der Waals surface area (Å²) in [5, 5.41) is 18.9. The number of piperidine rings is 1. The number of anilines is 1. The van der Waals surface area contributed by atoms with Gasteiger partial charge in [-0.05, 0) is 37.6 Å². The van der Waals surface area contributed by atoms with E-state index in [1.807, 2.05) is 23.0 Å². The van der Waals surface area contributed by atoms with Crippen molar-refractivity contribution in [3.63, 3.8) is 0 Å². The lowest BCUT2D eigenvalue weighted by molar-refractivity contribution is 0.102. The van der Waals surface area contributed by atoms with E-state index < -0.39 is 0 Å². The lowest BCUT2D eigenvalue weighted by Crippen LogP contribution is -2.32. The predicted molar refractivity (Wildman–Crippen MR) is 92.4 cm³/mol. The van der Waals surface area contributed by atoms with Crippen LogP contribution in [-0.4, -0.2) is 39.0 Å². The molecule has 1 aliphatic rings. The number of rotatable bonds is 3. The maximum atomic E-state index is 12.4. The zero-order valence-corrected chi connectivity index (χ0v) is 13.7. The van der Waals surface area contributed by atoms with Gasteiger partial charge in [0.1, 0.15) is 0 Å². The summed E-state index contributed by atoms with van der Waals surface area (Å²) in [6.45, 7) is 1.92. The minimum atomic E-state index is -0.286. The molecule has 4 rings (SSSR count). The van der Waals surface area contributed by atoms with Crippen molar-refractivity contribution >= 4 is 34.2 Å². The van der Waals surface area contributed by atoms with Crippen LogP contribution in [0, 0.1) is 0 Å². The number of fused-ring (bicyclic) bond motifs is 1. The van der Waals surface area contributed by atoms with E-state index in [2.05, 4.69) is 25.9 Å². The number of halogens is 1. The molecule has 0 aliphatic carbocycles. The van der Waals surface area contributed by atoms with Gasteiger partial charge in [0, 0.05) is 18.1 Å². The Morgan fingerprint density at radius 2 is 2.29 bits per heavy atom. The highest BCUT2D eigenvalue weighted by Gasteiger charge is 2.19. The summed E-state index contributed by atoms with van der Waals surface area (Å²) in [7, 11) is 0. The van der Waals surface area contributed by atoms with Crippen LogP contribution in [0.5, 0.6) is 0 Å². The van der Waals surface area contributed by atoms with E-state index in [0.29, 0.717) is 28.1 Å². The maximum absolute atomic E-state index is 12.4. The molecule has 3 aromatic rings. The van der Waals surface area contributed by atoms with Gasteiger partial charge < -0.3 is 10.6 Å². The Kier molecular flexibility index (Phi) is 3.95. The van der Waals surface area contributed by atoms with Crippen molar-refractivity contribution in [2.24, 2.45) is 0 Å². The summed E-state index contributed by atoms with van der Waals surface area (Å²) in [6, 6.07) is 7.47. The second-order valence-electron chi connectivity index (χ2n) is 5.87. The minimum Gasteiger partial charge on any atom is -0.315 e. The van der Waals surface area contributed by atoms with Gasteiger partial charge in [-0.1, -0.05) is 17.7 Å². The number of hydrogen-bond donors (Lipinski definition) is 3. The number of benzene rings is 1. The van der Waals surface area contributed by atoms with Crippen LogP contribution in [0.2, 0.25) is 5.02 Å². The third kappa shape index (κ3) is 2.76. The van der Waals surface area contributed by atoms with Crippen molar-refractivity contribution in [3.05, 3.63) is 41.2 Å². The summed E-state index contributed by atoms with van der Waals surface area (Å²) in [5.74, 6) is 0.164. The van der Waals surface area contributed by atoms with Crippen molar-refractivity contribution in [1.29, 1.82) is 0 Å². The van der Waals surface area contributed by atoms with E-state index in [9.17, 15) is 4.79 Å². The van der Waals surface area contributed by atoms with Gasteiger partial charge in [0.2, 0.25) is 0 Å². The van der Waals surface area contributed by atoms with E-state index in [0.717, 1.165) is 31.3 Å². The molecule has 0 spiro atoms. The SMILES string of the molecule is O=C(Nc1n[nH]c2c(Cl)cccc12)c1ccn(C2CCCNC2)n1. The molecule has 0 radical (unpaired) electrons. The van der Waals surface area contributed by atoms with E-state index in [1.54, 1.807) is 12.1 Å². The predicted octanol–water partition coefficient (Wildman–Crippen LogP) is 2.59. The van der Waals surface area contributed by atoms with Crippen LogP contribution in [0.3, 0.4) is 0 Å². The summed E-state index contributed by atoms with van der Waals surface area (Å²) < 4.78 is 1.86. The largest absolute Gasteiger partial charge is 0.315 e. The van der Waals surface area contributed by atoms with E-state index in [4.69, 9.17) is 11.6 Å². The quantitative estimate of drug-likeness (QED) is 0.681. The molecular weight excluding hydrogens is 328 g/mol. The number of carbonyl (C=O) groups is 1. The lowest BCUT2D eigenvalue weighted by Gasteiger charge is -2.22. The Morgan fingerprint density at radius 3 is 3.12 bits per heavy atom. The van der Waals surface area contributed by atoms with Crippen molar-refractivity contribution < 1.29 is 4.79 Å². The summed E-state index contributed by atoms with van der Waals surface area (Å²) in [6.07, 6.45) is 4.04. The second kappa shape index (κ2) is 6.26. The fourth-order valence-electron chi connectivity index (χ4n) is 3.00. The third-order valence-corrected chi connectivity index (χ3v) is 4.58. The standard InChI is InChI=1S/C16H17ClN6O/c17-12-5-1-4-11-14(12)20-21-15(11)19-16(24)13-6-8-23(22-13)10-3-2-7-18-9-10/h1,4-6,8,10,18H,2-3,7,9H2,(H2,19,20,21,24). The Balaban J connectivity index is 1.53. The number of amides is 1. The van der Waals surface area contributed by atoms with Crippen LogP contribution >= 0.6 is 11.6 Å². The van der Waals surface area contributed by atoms with E-state index in [1.165, 1.54) is 0 Å². The monoisotopic (exact) mass is 344 g/mol. The summed E-state index contributed by atoms with van der Waals surface area (Å²) >= 11 is 6.11. The van der Waals surface area contributed by atoms with Crippen LogP contribution in [-0.2, 0) is 0 Å². The molecule has 3 N–H and O–H groups in total. The van der Waals surface area contributed by atoms with Crippen LogP contribution in [0.4, 0.5) is 5.82 Å². The highest BCUT2D eigenvalue weighted by atomic mass is 35.5. The van der Waals surface area contributed by atoms with Gasteiger partial charge in [-0.15, -0.1) is 0 Å². The van der Waals surface area contributed by atoms with Crippen molar-refractivity contribution in [2.45, 2.75) is 18.9 Å². The van der Waals surface area contributed by atoms with Gasteiger partial charge in [0.05, 0.1) is 16.6 Å². The Morgan fingerprint density at radius 1 is 1.38 bits per heavy atom. The first-order valence-corrected chi connectivity index (χ1v) is 8.30. The smallest absolute Gasteiger partial charge is 0.277 e. The maximum Gasteiger partial charge on any atom is 0.277 e. The highest BCUT2D eigenvalue weighted by molar-refractivity contribution is 6.35.